The van der Waals surface area contributed by atoms with Crippen LogP contribution < -0.4 is 10.2 Å². The quantitative estimate of drug-likeness (QED) is 0.885. The molecule has 21 heavy (non-hydrogen) atoms. The Hall–Kier alpha value is -2.43. The molecule has 2 aromatic heterocycles. The summed E-state index contributed by atoms with van der Waals surface area (Å²) in [5.41, 5.74) is 2.29. The second kappa shape index (κ2) is 7.38. The minimum absolute atomic E-state index is 0.0266. The molecule has 0 unspecified atom stereocenters. The van der Waals surface area contributed by atoms with Crippen molar-refractivity contribution in [2.24, 2.45) is 0 Å². The Morgan fingerprint density at radius 1 is 1.24 bits per heavy atom. The molecule has 0 spiro atoms. The molecule has 0 radical (unpaired) electrons. The molecule has 110 valence electrons. The second-order valence-corrected chi connectivity index (χ2v) is 4.83. The summed E-state index contributed by atoms with van der Waals surface area (Å²) in [6.45, 7) is 2.71. The molecule has 0 saturated carbocycles. The second-order valence-electron chi connectivity index (χ2n) is 4.83. The highest BCUT2D eigenvalue weighted by molar-refractivity contribution is 5.89. The molecule has 0 aromatic carbocycles. The Balaban J connectivity index is 1.90. The standard InChI is InChI=1S/C16H20N4O/c1-3-16(21)19-15-5-4-14(12-18-15)20(2)11-8-13-6-9-17-10-7-13/h4-7,9-10,12H,3,8,11H2,1-2H3,(H,18,19,21). The number of hydrogen-bond donors (Lipinski definition) is 1. The van der Waals surface area contributed by atoms with Crippen LogP contribution in [0.3, 0.4) is 0 Å². The van der Waals surface area contributed by atoms with Gasteiger partial charge in [-0.3, -0.25) is 9.78 Å². The number of likely N-dealkylation sites (N-methyl/N-ethyl adjacent to an activating group) is 1. The van der Waals surface area contributed by atoms with Gasteiger partial charge in [-0.2, -0.15) is 0 Å². The van der Waals surface area contributed by atoms with Crippen molar-refractivity contribution in [2.75, 3.05) is 23.8 Å². The fourth-order valence-corrected chi connectivity index (χ4v) is 1.89. The fourth-order valence-electron chi connectivity index (χ4n) is 1.89. The zero-order chi connectivity index (χ0) is 15.1. The van der Waals surface area contributed by atoms with Crippen LogP contribution in [0.4, 0.5) is 11.5 Å². The van der Waals surface area contributed by atoms with E-state index >= 15 is 0 Å². The van der Waals surface area contributed by atoms with E-state index < -0.39 is 0 Å². The van der Waals surface area contributed by atoms with E-state index in [2.05, 4.69) is 20.2 Å². The Morgan fingerprint density at radius 2 is 2.00 bits per heavy atom. The smallest absolute Gasteiger partial charge is 0.225 e. The van der Waals surface area contributed by atoms with E-state index in [1.165, 1.54) is 5.56 Å². The molecule has 0 aliphatic heterocycles. The highest BCUT2D eigenvalue weighted by atomic mass is 16.1. The van der Waals surface area contributed by atoms with Crippen molar-refractivity contribution in [3.63, 3.8) is 0 Å². The SMILES string of the molecule is CCC(=O)Nc1ccc(N(C)CCc2ccncc2)cn1. The summed E-state index contributed by atoms with van der Waals surface area (Å²) in [7, 11) is 2.03. The average molecular weight is 284 g/mol. The van der Waals surface area contributed by atoms with Gasteiger partial charge in [-0.1, -0.05) is 6.92 Å². The minimum atomic E-state index is -0.0266. The van der Waals surface area contributed by atoms with Crippen molar-refractivity contribution in [3.8, 4) is 0 Å². The number of amides is 1. The van der Waals surface area contributed by atoms with E-state index in [1.54, 1.807) is 6.20 Å². The summed E-state index contributed by atoms with van der Waals surface area (Å²) < 4.78 is 0. The van der Waals surface area contributed by atoms with Gasteiger partial charge < -0.3 is 10.2 Å². The zero-order valence-corrected chi connectivity index (χ0v) is 12.4. The molecule has 1 amide bonds. The highest BCUT2D eigenvalue weighted by Crippen LogP contribution is 2.14. The first-order valence-electron chi connectivity index (χ1n) is 7.05. The minimum Gasteiger partial charge on any atom is -0.373 e. The average Bonchev–Trinajstić information content (AvgIpc) is 2.54. The number of hydrogen-bond acceptors (Lipinski definition) is 4. The van der Waals surface area contributed by atoms with Gasteiger partial charge in [0.25, 0.3) is 0 Å². The van der Waals surface area contributed by atoms with Gasteiger partial charge in [0.2, 0.25) is 5.91 Å². The Morgan fingerprint density at radius 3 is 2.62 bits per heavy atom. The van der Waals surface area contributed by atoms with E-state index in [0.29, 0.717) is 12.2 Å². The number of rotatable bonds is 6. The predicted octanol–water partition coefficient (Wildman–Crippen LogP) is 2.50. The van der Waals surface area contributed by atoms with Gasteiger partial charge in [-0.15, -0.1) is 0 Å². The van der Waals surface area contributed by atoms with E-state index in [9.17, 15) is 4.79 Å². The van der Waals surface area contributed by atoms with Crippen LogP contribution in [0.1, 0.15) is 18.9 Å². The van der Waals surface area contributed by atoms with E-state index in [1.807, 2.05) is 50.6 Å². The van der Waals surface area contributed by atoms with Crippen molar-refractivity contribution in [1.29, 1.82) is 0 Å². The maximum atomic E-state index is 11.3. The maximum Gasteiger partial charge on any atom is 0.225 e. The number of nitrogens with one attached hydrogen (secondary N) is 1. The molecule has 0 aliphatic carbocycles. The molecule has 0 fully saturated rings. The summed E-state index contributed by atoms with van der Waals surface area (Å²) in [4.78, 5) is 21.7. The largest absolute Gasteiger partial charge is 0.373 e. The van der Waals surface area contributed by atoms with Gasteiger partial charge in [0.05, 0.1) is 11.9 Å². The lowest BCUT2D eigenvalue weighted by Crippen LogP contribution is -2.20. The number of aromatic nitrogens is 2. The van der Waals surface area contributed by atoms with Crippen LogP contribution in [0.25, 0.3) is 0 Å². The van der Waals surface area contributed by atoms with Crippen LogP contribution in [-0.4, -0.2) is 29.5 Å². The number of carbonyl (C=O) groups excluding carboxylic acids is 1. The number of pyridine rings is 2. The third-order valence-electron chi connectivity index (χ3n) is 3.26. The monoisotopic (exact) mass is 284 g/mol. The van der Waals surface area contributed by atoms with Gasteiger partial charge in [-0.05, 0) is 36.2 Å². The summed E-state index contributed by atoms with van der Waals surface area (Å²) in [6, 6.07) is 7.83. The molecule has 2 heterocycles. The number of anilines is 2. The summed E-state index contributed by atoms with van der Waals surface area (Å²) in [6.07, 6.45) is 6.80. The lowest BCUT2D eigenvalue weighted by molar-refractivity contribution is -0.115. The predicted molar refractivity (Wildman–Crippen MR) is 84.4 cm³/mol. The number of carbonyl (C=O) groups is 1. The third-order valence-corrected chi connectivity index (χ3v) is 3.26. The van der Waals surface area contributed by atoms with Crippen LogP contribution in [-0.2, 0) is 11.2 Å². The zero-order valence-electron chi connectivity index (χ0n) is 12.4. The Bertz CT molecular complexity index is 569. The van der Waals surface area contributed by atoms with Crippen LogP contribution in [0.5, 0.6) is 0 Å². The van der Waals surface area contributed by atoms with Crippen molar-refractivity contribution in [3.05, 3.63) is 48.4 Å². The van der Waals surface area contributed by atoms with Gasteiger partial charge in [0.1, 0.15) is 5.82 Å². The van der Waals surface area contributed by atoms with Gasteiger partial charge >= 0.3 is 0 Å². The van der Waals surface area contributed by atoms with E-state index in [4.69, 9.17) is 0 Å². The highest BCUT2D eigenvalue weighted by Gasteiger charge is 2.04. The van der Waals surface area contributed by atoms with Crippen molar-refractivity contribution < 1.29 is 4.79 Å². The van der Waals surface area contributed by atoms with Crippen LogP contribution in [0, 0.1) is 0 Å². The van der Waals surface area contributed by atoms with Crippen molar-refractivity contribution in [2.45, 2.75) is 19.8 Å². The molecule has 2 rings (SSSR count). The first kappa shape index (κ1) is 15.0. The lowest BCUT2D eigenvalue weighted by Gasteiger charge is -2.19. The Labute approximate surface area is 125 Å². The van der Waals surface area contributed by atoms with Gasteiger partial charge in [-0.25, -0.2) is 4.98 Å². The molecular weight excluding hydrogens is 264 g/mol. The maximum absolute atomic E-state index is 11.3. The van der Waals surface area contributed by atoms with Crippen LogP contribution in [0.2, 0.25) is 0 Å². The Kier molecular flexibility index (Phi) is 5.26. The molecule has 2 aromatic rings. The molecular formula is C16H20N4O. The topological polar surface area (TPSA) is 58.1 Å². The fraction of sp³-hybridized carbons (Fsp3) is 0.312. The van der Waals surface area contributed by atoms with Gasteiger partial charge in [0.15, 0.2) is 0 Å². The molecule has 0 atom stereocenters. The molecule has 1 N–H and O–H groups in total. The summed E-state index contributed by atoms with van der Waals surface area (Å²) in [5, 5.41) is 2.74. The van der Waals surface area contributed by atoms with E-state index in [-0.39, 0.29) is 5.91 Å². The molecule has 5 nitrogen and oxygen atoms in total. The summed E-state index contributed by atoms with van der Waals surface area (Å²) >= 11 is 0. The summed E-state index contributed by atoms with van der Waals surface area (Å²) in [5.74, 6) is 0.564. The molecule has 5 heteroatoms. The first-order chi connectivity index (χ1) is 10.2. The number of nitrogens with zero attached hydrogens (tertiary/aromatic N) is 3. The molecule has 0 bridgehead atoms. The molecule has 0 aliphatic rings. The molecule has 0 saturated heterocycles. The van der Waals surface area contributed by atoms with Crippen molar-refractivity contribution >= 4 is 17.4 Å². The van der Waals surface area contributed by atoms with Crippen LogP contribution >= 0.6 is 0 Å². The first-order valence-corrected chi connectivity index (χ1v) is 7.05. The third kappa shape index (κ3) is 4.56. The van der Waals surface area contributed by atoms with Crippen molar-refractivity contribution in [1.82, 2.24) is 9.97 Å². The van der Waals surface area contributed by atoms with Crippen LogP contribution in [0.15, 0.2) is 42.9 Å². The lowest BCUT2D eigenvalue weighted by atomic mass is 10.2. The normalized spacial score (nSPS) is 10.2. The van der Waals surface area contributed by atoms with Gasteiger partial charge in [0, 0.05) is 32.4 Å². The van der Waals surface area contributed by atoms with E-state index in [0.717, 1.165) is 18.7 Å².